The first-order chi connectivity index (χ1) is 10.8. The lowest BCUT2D eigenvalue weighted by atomic mass is 9.79. The zero-order valence-electron chi connectivity index (χ0n) is 13.0. The maximum absolute atomic E-state index is 5.98. The van der Waals surface area contributed by atoms with E-state index in [-0.39, 0.29) is 5.60 Å². The van der Waals surface area contributed by atoms with E-state index in [1.54, 1.807) is 0 Å². The van der Waals surface area contributed by atoms with E-state index < -0.39 is 0 Å². The van der Waals surface area contributed by atoms with E-state index >= 15 is 0 Å². The summed E-state index contributed by atoms with van der Waals surface area (Å²) in [6.45, 7) is 4.21. The third-order valence-corrected chi connectivity index (χ3v) is 4.95. The molecule has 120 valence electrons. The van der Waals surface area contributed by atoms with Gasteiger partial charge in [-0.2, -0.15) is 4.98 Å². The molecule has 2 aliphatic heterocycles. The maximum atomic E-state index is 5.98. The van der Waals surface area contributed by atoms with Crippen molar-refractivity contribution in [2.75, 3.05) is 43.1 Å². The normalized spacial score (nSPS) is 27.5. The molecule has 4 rings (SSSR count). The van der Waals surface area contributed by atoms with Crippen molar-refractivity contribution in [3.63, 3.8) is 0 Å². The third-order valence-electron chi connectivity index (χ3n) is 4.95. The van der Waals surface area contributed by atoms with E-state index in [4.69, 9.17) is 14.5 Å². The summed E-state index contributed by atoms with van der Waals surface area (Å²) in [5.74, 6) is 1.71. The Kier molecular flexibility index (Phi) is 3.88. The predicted octanol–water partition coefficient (Wildman–Crippen LogP) is 1.83. The van der Waals surface area contributed by atoms with Crippen LogP contribution in [0.5, 0.6) is 0 Å². The van der Waals surface area contributed by atoms with Gasteiger partial charge in [0.1, 0.15) is 5.82 Å². The average Bonchev–Trinajstić information content (AvgIpc) is 2.55. The third kappa shape index (κ3) is 2.90. The van der Waals surface area contributed by atoms with Crippen LogP contribution in [0.1, 0.15) is 32.1 Å². The topological polar surface area (TPSA) is 59.5 Å². The zero-order valence-corrected chi connectivity index (χ0v) is 13.0. The van der Waals surface area contributed by atoms with Crippen LogP contribution in [0.25, 0.3) is 0 Å². The zero-order chi connectivity index (χ0) is 14.8. The standard InChI is InChI=1S/C16H24N4O2/c1-3-13(11-21-9-1)18-14-4-7-17-15(19-14)20-8-10-22-16(12-20)5-2-6-16/h4,7,13H,1-3,5-6,8-12H2,(H,17,18,19)/t13-/m1/s1. The highest BCUT2D eigenvalue weighted by Crippen LogP contribution is 2.38. The van der Waals surface area contributed by atoms with Gasteiger partial charge in [0.25, 0.3) is 0 Å². The first-order valence-corrected chi connectivity index (χ1v) is 8.39. The van der Waals surface area contributed by atoms with Crippen LogP contribution in [0.3, 0.4) is 0 Å². The lowest BCUT2D eigenvalue weighted by molar-refractivity contribution is -0.107. The van der Waals surface area contributed by atoms with Gasteiger partial charge in [-0.15, -0.1) is 0 Å². The van der Waals surface area contributed by atoms with Gasteiger partial charge in [0.2, 0.25) is 5.95 Å². The lowest BCUT2D eigenvalue weighted by Crippen LogP contribution is -2.56. The minimum absolute atomic E-state index is 0.0717. The van der Waals surface area contributed by atoms with Crippen LogP contribution >= 0.6 is 0 Å². The molecule has 1 N–H and O–H groups in total. The Morgan fingerprint density at radius 2 is 2.23 bits per heavy atom. The quantitative estimate of drug-likeness (QED) is 0.919. The van der Waals surface area contributed by atoms with Crippen molar-refractivity contribution in [2.45, 2.75) is 43.7 Å². The van der Waals surface area contributed by atoms with Crippen LogP contribution in [0, 0.1) is 0 Å². The fourth-order valence-electron chi connectivity index (χ4n) is 3.53. The molecule has 0 amide bonds. The number of morpholine rings is 1. The predicted molar refractivity (Wildman–Crippen MR) is 84.2 cm³/mol. The molecule has 1 atom stereocenters. The van der Waals surface area contributed by atoms with Gasteiger partial charge in [0.15, 0.2) is 0 Å². The van der Waals surface area contributed by atoms with Crippen LogP contribution in [0.2, 0.25) is 0 Å². The lowest BCUT2D eigenvalue weighted by Gasteiger charge is -2.48. The molecule has 3 fully saturated rings. The minimum Gasteiger partial charge on any atom is -0.379 e. The second-order valence-electron chi connectivity index (χ2n) is 6.61. The summed E-state index contributed by atoms with van der Waals surface area (Å²) < 4.78 is 11.5. The van der Waals surface area contributed by atoms with Crippen LogP contribution in [0.15, 0.2) is 12.3 Å². The van der Waals surface area contributed by atoms with Gasteiger partial charge in [-0.3, -0.25) is 0 Å². The van der Waals surface area contributed by atoms with Gasteiger partial charge in [-0.05, 0) is 38.2 Å². The molecular formula is C16H24N4O2. The largest absolute Gasteiger partial charge is 0.379 e. The number of aromatic nitrogens is 2. The molecule has 0 radical (unpaired) electrons. The Bertz CT molecular complexity index is 515. The van der Waals surface area contributed by atoms with Gasteiger partial charge >= 0.3 is 0 Å². The van der Waals surface area contributed by atoms with Crippen molar-refractivity contribution in [3.8, 4) is 0 Å². The average molecular weight is 304 g/mol. The Morgan fingerprint density at radius 3 is 3.00 bits per heavy atom. The molecule has 1 aliphatic carbocycles. The summed E-state index contributed by atoms with van der Waals surface area (Å²) in [6, 6.07) is 2.30. The van der Waals surface area contributed by atoms with Crippen LogP contribution in [0.4, 0.5) is 11.8 Å². The second-order valence-corrected chi connectivity index (χ2v) is 6.61. The molecule has 0 aromatic carbocycles. The number of rotatable bonds is 3. The Labute approximate surface area is 131 Å². The van der Waals surface area contributed by atoms with E-state index in [0.717, 1.165) is 57.5 Å². The molecule has 3 heterocycles. The number of hydrogen-bond acceptors (Lipinski definition) is 6. The molecule has 0 bridgehead atoms. The van der Waals surface area contributed by atoms with Crippen molar-refractivity contribution in [3.05, 3.63) is 12.3 Å². The van der Waals surface area contributed by atoms with Gasteiger partial charge in [0.05, 0.1) is 24.9 Å². The molecule has 1 saturated carbocycles. The minimum atomic E-state index is 0.0717. The summed E-state index contributed by atoms with van der Waals surface area (Å²) in [5, 5.41) is 3.48. The molecule has 3 aliphatic rings. The molecule has 6 nitrogen and oxygen atoms in total. The first kappa shape index (κ1) is 14.2. The molecule has 1 spiro atoms. The summed E-state index contributed by atoms with van der Waals surface area (Å²) in [7, 11) is 0. The summed E-state index contributed by atoms with van der Waals surface area (Å²) in [4.78, 5) is 11.4. The molecule has 1 aromatic rings. The monoisotopic (exact) mass is 304 g/mol. The van der Waals surface area contributed by atoms with Crippen molar-refractivity contribution in [2.24, 2.45) is 0 Å². The highest BCUT2D eigenvalue weighted by atomic mass is 16.5. The summed E-state index contributed by atoms with van der Waals surface area (Å²) >= 11 is 0. The summed E-state index contributed by atoms with van der Waals surface area (Å²) in [6.07, 6.45) is 7.71. The summed E-state index contributed by atoms with van der Waals surface area (Å²) in [5.41, 5.74) is 0.0717. The molecular weight excluding hydrogens is 280 g/mol. The van der Waals surface area contributed by atoms with Crippen molar-refractivity contribution in [1.82, 2.24) is 9.97 Å². The van der Waals surface area contributed by atoms with Gasteiger partial charge < -0.3 is 19.7 Å². The van der Waals surface area contributed by atoms with Crippen LogP contribution < -0.4 is 10.2 Å². The van der Waals surface area contributed by atoms with Crippen molar-refractivity contribution in [1.29, 1.82) is 0 Å². The van der Waals surface area contributed by atoms with Crippen LogP contribution in [-0.2, 0) is 9.47 Å². The maximum Gasteiger partial charge on any atom is 0.227 e. The van der Waals surface area contributed by atoms with Crippen molar-refractivity contribution >= 4 is 11.8 Å². The molecule has 6 heteroatoms. The highest BCUT2D eigenvalue weighted by molar-refractivity contribution is 5.42. The van der Waals surface area contributed by atoms with Crippen molar-refractivity contribution < 1.29 is 9.47 Å². The molecule has 22 heavy (non-hydrogen) atoms. The highest BCUT2D eigenvalue weighted by Gasteiger charge is 2.42. The number of hydrogen-bond donors (Lipinski definition) is 1. The molecule has 0 unspecified atom stereocenters. The van der Waals surface area contributed by atoms with E-state index in [0.29, 0.717) is 6.04 Å². The number of anilines is 2. The fraction of sp³-hybridized carbons (Fsp3) is 0.750. The van der Waals surface area contributed by atoms with E-state index in [1.807, 2.05) is 12.3 Å². The number of nitrogens with one attached hydrogen (secondary N) is 1. The fourth-order valence-corrected chi connectivity index (χ4v) is 3.53. The van der Waals surface area contributed by atoms with Crippen LogP contribution in [-0.4, -0.2) is 54.5 Å². The number of nitrogens with zero attached hydrogens (tertiary/aromatic N) is 3. The first-order valence-electron chi connectivity index (χ1n) is 8.39. The Hall–Kier alpha value is -1.40. The smallest absolute Gasteiger partial charge is 0.227 e. The van der Waals surface area contributed by atoms with Gasteiger partial charge in [0, 0.05) is 25.9 Å². The van der Waals surface area contributed by atoms with E-state index in [2.05, 4.69) is 15.2 Å². The van der Waals surface area contributed by atoms with Gasteiger partial charge in [-0.25, -0.2) is 4.98 Å². The Balaban J connectivity index is 1.44. The molecule has 2 saturated heterocycles. The van der Waals surface area contributed by atoms with E-state index in [1.165, 1.54) is 19.3 Å². The second kappa shape index (κ2) is 6.01. The van der Waals surface area contributed by atoms with E-state index in [9.17, 15) is 0 Å². The molecule has 1 aromatic heterocycles. The number of ether oxygens (including phenoxy) is 2. The SMILES string of the molecule is c1cc(N[C@@H]2CCCOC2)nc(N2CCOC3(CCC3)C2)n1. The van der Waals surface area contributed by atoms with Gasteiger partial charge in [-0.1, -0.05) is 0 Å². The Morgan fingerprint density at radius 1 is 1.27 bits per heavy atom.